The lowest BCUT2D eigenvalue weighted by atomic mass is 10.1. The summed E-state index contributed by atoms with van der Waals surface area (Å²) in [5.74, 6) is -2.46. The van der Waals surface area contributed by atoms with Gasteiger partial charge in [-0.25, -0.2) is 9.07 Å². The van der Waals surface area contributed by atoms with Crippen LogP contribution in [-0.2, 0) is 17.6 Å². The highest BCUT2D eigenvalue weighted by atomic mass is 19.1. The number of aliphatic carboxylic acids is 1. The predicted molar refractivity (Wildman–Crippen MR) is 89.4 cm³/mol. The molecule has 6 nitrogen and oxygen atoms in total. The molecule has 2 aromatic rings. The molecule has 0 fully saturated rings. The van der Waals surface area contributed by atoms with Crippen LogP contribution in [0.25, 0.3) is 5.69 Å². The molecule has 7 heteroatoms. The molecule has 1 aliphatic rings. The molecule has 1 heterocycles. The van der Waals surface area contributed by atoms with E-state index in [4.69, 9.17) is 5.11 Å². The predicted octanol–water partition coefficient (Wildman–Crippen LogP) is 2.26. The Morgan fingerprint density at radius 3 is 2.84 bits per heavy atom. The minimum Gasteiger partial charge on any atom is -0.481 e. The first-order chi connectivity index (χ1) is 11.9. The molecule has 0 bridgehead atoms. The summed E-state index contributed by atoms with van der Waals surface area (Å²) in [5, 5.41) is 15.9. The molecule has 1 aromatic heterocycles. The minimum atomic E-state index is -0.974. The van der Waals surface area contributed by atoms with Gasteiger partial charge < -0.3 is 10.4 Å². The van der Waals surface area contributed by atoms with Crippen molar-refractivity contribution in [2.45, 2.75) is 33.1 Å². The lowest BCUT2D eigenvalue weighted by Crippen LogP contribution is -2.32. The number of hydrogen-bond donors (Lipinski definition) is 2. The number of hydrogen-bond acceptors (Lipinski definition) is 3. The van der Waals surface area contributed by atoms with Crippen LogP contribution < -0.4 is 5.32 Å². The van der Waals surface area contributed by atoms with Crippen molar-refractivity contribution in [3.05, 3.63) is 46.5 Å². The second kappa shape index (κ2) is 6.66. The Hall–Kier alpha value is -2.70. The number of benzene rings is 1. The van der Waals surface area contributed by atoms with E-state index in [0.29, 0.717) is 12.1 Å². The minimum absolute atomic E-state index is 0.0223. The van der Waals surface area contributed by atoms with Crippen LogP contribution in [0, 0.1) is 18.7 Å². The number of aromatic nitrogens is 2. The maximum Gasteiger partial charge on any atom is 0.308 e. The van der Waals surface area contributed by atoms with Crippen LogP contribution in [0.3, 0.4) is 0 Å². The summed E-state index contributed by atoms with van der Waals surface area (Å²) in [6.07, 6.45) is 2.32. The van der Waals surface area contributed by atoms with Gasteiger partial charge >= 0.3 is 5.97 Å². The second-order valence-electron chi connectivity index (χ2n) is 6.39. The van der Waals surface area contributed by atoms with E-state index < -0.39 is 17.8 Å². The fourth-order valence-electron chi connectivity index (χ4n) is 3.11. The fraction of sp³-hybridized carbons (Fsp3) is 0.389. The molecule has 2 N–H and O–H groups in total. The molecule has 1 aromatic carbocycles. The standard InChI is InChI=1S/C18H20FN3O3/c1-10-5-3-7-13(19)16(10)22-14-8-4-6-12(14)15(21-22)17(23)20-9-11(2)18(24)25/h3,5,7,11H,4,6,8-9H2,1-2H3,(H,20,23)(H,24,25). The van der Waals surface area contributed by atoms with Crippen molar-refractivity contribution in [3.8, 4) is 5.69 Å². The molecule has 1 unspecified atom stereocenters. The first-order valence-corrected chi connectivity index (χ1v) is 8.27. The molecule has 1 amide bonds. The van der Waals surface area contributed by atoms with Gasteiger partial charge in [-0.05, 0) is 37.8 Å². The highest BCUT2D eigenvalue weighted by Gasteiger charge is 2.28. The van der Waals surface area contributed by atoms with Crippen LogP contribution in [-0.4, -0.2) is 33.3 Å². The number of carboxylic acid groups (broad SMARTS) is 1. The highest BCUT2D eigenvalue weighted by Crippen LogP contribution is 2.29. The van der Waals surface area contributed by atoms with Crippen LogP contribution in [0.5, 0.6) is 0 Å². The molecule has 0 saturated heterocycles. The van der Waals surface area contributed by atoms with Gasteiger partial charge in [0.2, 0.25) is 0 Å². The van der Waals surface area contributed by atoms with Gasteiger partial charge in [0.25, 0.3) is 5.91 Å². The topological polar surface area (TPSA) is 84.2 Å². The number of nitrogens with one attached hydrogen (secondary N) is 1. The number of aryl methyl sites for hydroxylation is 1. The lowest BCUT2D eigenvalue weighted by Gasteiger charge is -2.10. The smallest absolute Gasteiger partial charge is 0.308 e. The number of carbonyl (C=O) groups excluding carboxylic acids is 1. The fourth-order valence-corrected chi connectivity index (χ4v) is 3.11. The third-order valence-electron chi connectivity index (χ3n) is 4.54. The molecular weight excluding hydrogens is 325 g/mol. The molecule has 1 aliphatic carbocycles. The zero-order valence-electron chi connectivity index (χ0n) is 14.2. The SMILES string of the molecule is Cc1cccc(F)c1-n1nc(C(=O)NCC(C)C(=O)O)c2c1CCC2. The van der Waals surface area contributed by atoms with Crippen molar-refractivity contribution >= 4 is 11.9 Å². The second-order valence-corrected chi connectivity index (χ2v) is 6.39. The molecule has 132 valence electrons. The molecule has 0 spiro atoms. The molecule has 3 rings (SSSR count). The normalized spacial score (nSPS) is 14.2. The van der Waals surface area contributed by atoms with E-state index in [0.717, 1.165) is 29.7 Å². The first kappa shape index (κ1) is 17.1. The summed E-state index contributed by atoms with van der Waals surface area (Å²) >= 11 is 0. The van der Waals surface area contributed by atoms with Crippen molar-refractivity contribution in [2.75, 3.05) is 6.54 Å². The molecular formula is C18H20FN3O3. The largest absolute Gasteiger partial charge is 0.481 e. The monoisotopic (exact) mass is 345 g/mol. The van der Waals surface area contributed by atoms with Crippen LogP contribution in [0.4, 0.5) is 4.39 Å². The van der Waals surface area contributed by atoms with Crippen molar-refractivity contribution in [1.82, 2.24) is 15.1 Å². The number of amides is 1. The van der Waals surface area contributed by atoms with E-state index in [1.54, 1.807) is 19.1 Å². The molecule has 0 aliphatic heterocycles. The molecule has 0 saturated carbocycles. The third kappa shape index (κ3) is 3.14. The summed E-state index contributed by atoms with van der Waals surface area (Å²) in [5.41, 5.74) is 3.03. The Bertz CT molecular complexity index is 824. The summed E-state index contributed by atoms with van der Waals surface area (Å²) in [7, 11) is 0. The summed E-state index contributed by atoms with van der Waals surface area (Å²) in [6.45, 7) is 3.35. The number of fused-ring (bicyclic) bond motifs is 1. The Morgan fingerprint density at radius 2 is 2.16 bits per heavy atom. The first-order valence-electron chi connectivity index (χ1n) is 8.27. The maximum absolute atomic E-state index is 14.3. The van der Waals surface area contributed by atoms with Gasteiger partial charge in [0.1, 0.15) is 11.5 Å². The number of para-hydroxylation sites is 1. The summed E-state index contributed by atoms with van der Waals surface area (Å²) in [4.78, 5) is 23.4. The van der Waals surface area contributed by atoms with Gasteiger partial charge in [-0.2, -0.15) is 5.10 Å². The van der Waals surface area contributed by atoms with E-state index in [1.807, 2.05) is 0 Å². The van der Waals surface area contributed by atoms with Gasteiger partial charge in [0.15, 0.2) is 5.69 Å². The number of halogens is 1. The number of carboxylic acids is 1. The summed E-state index contributed by atoms with van der Waals surface area (Å²) < 4.78 is 15.9. The van der Waals surface area contributed by atoms with Crippen molar-refractivity contribution in [1.29, 1.82) is 0 Å². The van der Waals surface area contributed by atoms with Crippen LogP contribution >= 0.6 is 0 Å². The van der Waals surface area contributed by atoms with Crippen molar-refractivity contribution < 1.29 is 19.1 Å². The Labute approximate surface area is 144 Å². The molecule has 1 atom stereocenters. The van der Waals surface area contributed by atoms with Gasteiger partial charge in [0.05, 0.1) is 5.92 Å². The van der Waals surface area contributed by atoms with Gasteiger partial charge in [-0.3, -0.25) is 9.59 Å². The van der Waals surface area contributed by atoms with E-state index in [9.17, 15) is 14.0 Å². The van der Waals surface area contributed by atoms with Crippen molar-refractivity contribution in [2.24, 2.45) is 5.92 Å². The lowest BCUT2D eigenvalue weighted by molar-refractivity contribution is -0.140. The van der Waals surface area contributed by atoms with Crippen LogP contribution in [0.15, 0.2) is 18.2 Å². The number of rotatable bonds is 5. The van der Waals surface area contributed by atoms with Gasteiger partial charge in [-0.15, -0.1) is 0 Å². The van der Waals surface area contributed by atoms with Crippen molar-refractivity contribution in [3.63, 3.8) is 0 Å². The quantitative estimate of drug-likeness (QED) is 0.871. The number of nitrogens with zero attached hydrogens (tertiary/aromatic N) is 2. The average Bonchev–Trinajstić information content (AvgIpc) is 3.15. The Balaban J connectivity index is 1.95. The third-order valence-corrected chi connectivity index (χ3v) is 4.54. The maximum atomic E-state index is 14.3. The Morgan fingerprint density at radius 1 is 1.40 bits per heavy atom. The van der Waals surface area contributed by atoms with E-state index in [2.05, 4.69) is 10.4 Å². The summed E-state index contributed by atoms with van der Waals surface area (Å²) in [6, 6.07) is 4.81. The molecule has 0 radical (unpaired) electrons. The van der Waals surface area contributed by atoms with E-state index in [1.165, 1.54) is 17.7 Å². The molecule has 25 heavy (non-hydrogen) atoms. The number of carbonyl (C=O) groups is 2. The van der Waals surface area contributed by atoms with Crippen LogP contribution in [0.2, 0.25) is 0 Å². The average molecular weight is 345 g/mol. The van der Waals surface area contributed by atoms with E-state index in [-0.39, 0.29) is 18.1 Å². The van der Waals surface area contributed by atoms with Crippen LogP contribution in [0.1, 0.15) is 40.7 Å². The zero-order valence-corrected chi connectivity index (χ0v) is 14.2. The Kier molecular flexibility index (Phi) is 4.57. The van der Waals surface area contributed by atoms with Gasteiger partial charge in [0, 0.05) is 17.8 Å². The highest BCUT2D eigenvalue weighted by molar-refractivity contribution is 5.94. The zero-order chi connectivity index (χ0) is 18.1. The van der Waals surface area contributed by atoms with E-state index >= 15 is 0 Å². The van der Waals surface area contributed by atoms with Gasteiger partial charge in [-0.1, -0.05) is 19.1 Å².